The molecule has 0 atom stereocenters. The van der Waals surface area contributed by atoms with Crippen LogP contribution in [0.3, 0.4) is 0 Å². The molecule has 0 saturated carbocycles. The van der Waals surface area contributed by atoms with Crippen LogP contribution in [0, 0.1) is 6.92 Å². The molecule has 1 heterocycles. The van der Waals surface area contributed by atoms with E-state index in [-0.39, 0.29) is 23.1 Å². The minimum atomic E-state index is -0.359. The lowest BCUT2D eigenvalue weighted by atomic mass is 10.1. The van der Waals surface area contributed by atoms with Crippen molar-refractivity contribution in [3.05, 3.63) is 59.2 Å². The molecule has 2 N–H and O–H groups in total. The number of hydrogen-bond acceptors (Lipinski definition) is 3. The monoisotopic (exact) mass is 324 g/mol. The van der Waals surface area contributed by atoms with E-state index in [9.17, 15) is 14.7 Å². The first kappa shape index (κ1) is 16.1. The first-order valence-corrected chi connectivity index (χ1v) is 8.00. The van der Waals surface area contributed by atoms with Crippen LogP contribution in [0.1, 0.15) is 34.3 Å². The molecule has 1 saturated heterocycles. The van der Waals surface area contributed by atoms with Gasteiger partial charge < -0.3 is 15.3 Å². The van der Waals surface area contributed by atoms with Gasteiger partial charge in [0.15, 0.2) is 0 Å². The zero-order chi connectivity index (χ0) is 17.1. The van der Waals surface area contributed by atoms with Crippen LogP contribution in [0.15, 0.2) is 42.5 Å². The molecule has 5 nitrogen and oxygen atoms in total. The second kappa shape index (κ2) is 6.74. The molecule has 24 heavy (non-hydrogen) atoms. The van der Waals surface area contributed by atoms with Crippen molar-refractivity contribution in [1.29, 1.82) is 0 Å². The maximum Gasteiger partial charge on any atom is 0.259 e. The summed E-state index contributed by atoms with van der Waals surface area (Å²) in [4.78, 5) is 25.9. The quantitative estimate of drug-likeness (QED) is 0.908. The number of anilines is 1. The van der Waals surface area contributed by atoms with Crippen LogP contribution in [0.25, 0.3) is 0 Å². The predicted molar refractivity (Wildman–Crippen MR) is 91.9 cm³/mol. The molecular weight excluding hydrogens is 304 g/mol. The largest absolute Gasteiger partial charge is 0.507 e. The minimum absolute atomic E-state index is 0.0358. The summed E-state index contributed by atoms with van der Waals surface area (Å²) in [5.74, 6) is -0.220. The number of nitrogens with zero attached hydrogens (tertiary/aromatic N) is 1. The second-order valence-electron chi connectivity index (χ2n) is 6.09. The van der Waals surface area contributed by atoms with Gasteiger partial charge in [-0.2, -0.15) is 0 Å². The lowest BCUT2D eigenvalue weighted by molar-refractivity contribution is -0.128. The molecule has 0 spiro atoms. The summed E-state index contributed by atoms with van der Waals surface area (Å²) in [5, 5.41) is 12.7. The molecule has 2 amide bonds. The maximum absolute atomic E-state index is 12.3. The van der Waals surface area contributed by atoms with Crippen LogP contribution < -0.4 is 5.32 Å². The molecule has 3 rings (SSSR count). The van der Waals surface area contributed by atoms with Gasteiger partial charge in [0.2, 0.25) is 5.91 Å². The number of carbonyl (C=O) groups is 2. The fraction of sp³-hybridized carbons (Fsp3) is 0.263. The Labute approximate surface area is 140 Å². The smallest absolute Gasteiger partial charge is 0.259 e. The van der Waals surface area contributed by atoms with E-state index >= 15 is 0 Å². The van der Waals surface area contributed by atoms with Gasteiger partial charge in [0.25, 0.3) is 5.91 Å². The molecule has 1 fully saturated rings. The zero-order valence-electron chi connectivity index (χ0n) is 13.6. The fourth-order valence-corrected chi connectivity index (χ4v) is 2.87. The molecule has 2 aromatic rings. The number of rotatable bonds is 4. The van der Waals surface area contributed by atoms with Crippen molar-refractivity contribution < 1.29 is 14.7 Å². The lowest BCUT2D eigenvalue weighted by Gasteiger charge is -2.16. The normalized spacial score (nSPS) is 14.0. The van der Waals surface area contributed by atoms with Crippen LogP contribution >= 0.6 is 0 Å². The molecule has 5 heteroatoms. The summed E-state index contributed by atoms with van der Waals surface area (Å²) < 4.78 is 0. The Morgan fingerprint density at radius 2 is 2.08 bits per heavy atom. The number of likely N-dealkylation sites (tertiary alicyclic amines) is 1. The van der Waals surface area contributed by atoms with Gasteiger partial charge in [0, 0.05) is 25.2 Å². The van der Waals surface area contributed by atoms with Crippen molar-refractivity contribution >= 4 is 17.5 Å². The Kier molecular flexibility index (Phi) is 4.51. The van der Waals surface area contributed by atoms with Gasteiger partial charge in [-0.25, -0.2) is 0 Å². The van der Waals surface area contributed by atoms with Crippen LogP contribution in [-0.4, -0.2) is 28.4 Å². The van der Waals surface area contributed by atoms with Crippen molar-refractivity contribution in [1.82, 2.24) is 4.90 Å². The number of phenolic OH excluding ortho intramolecular Hbond substituents is 1. The Morgan fingerprint density at radius 1 is 1.25 bits per heavy atom. The zero-order valence-corrected chi connectivity index (χ0v) is 13.6. The standard InChI is InChI=1S/C19H20N2O3/c1-13-7-8-16(17(22)10-13)19(24)20-15-5-2-4-14(11-15)12-21-9-3-6-18(21)23/h2,4-5,7-8,10-11,22H,3,6,9,12H2,1H3,(H,20,24). The summed E-state index contributed by atoms with van der Waals surface area (Å²) in [6.07, 6.45) is 1.52. The number of amides is 2. The maximum atomic E-state index is 12.3. The molecule has 1 aliphatic heterocycles. The highest BCUT2D eigenvalue weighted by molar-refractivity contribution is 6.06. The van der Waals surface area contributed by atoms with Crippen molar-refractivity contribution in [2.24, 2.45) is 0 Å². The van der Waals surface area contributed by atoms with Crippen molar-refractivity contribution in [3.8, 4) is 5.75 Å². The van der Waals surface area contributed by atoms with E-state index in [0.29, 0.717) is 18.7 Å². The highest BCUT2D eigenvalue weighted by Gasteiger charge is 2.20. The first-order chi connectivity index (χ1) is 11.5. The van der Waals surface area contributed by atoms with E-state index < -0.39 is 0 Å². The Bertz CT molecular complexity index is 786. The molecule has 0 radical (unpaired) electrons. The van der Waals surface area contributed by atoms with E-state index in [2.05, 4.69) is 5.32 Å². The number of nitrogens with one attached hydrogen (secondary N) is 1. The predicted octanol–water partition coefficient (Wildman–Crippen LogP) is 3.08. The number of aromatic hydroxyl groups is 1. The third kappa shape index (κ3) is 3.56. The lowest BCUT2D eigenvalue weighted by Crippen LogP contribution is -2.23. The van der Waals surface area contributed by atoms with E-state index in [1.54, 1.807) is 24.3 Å². The minimum Gasteiger partial charge on any atom is -0.507 e. The van der Waals surface area contributed by atoms with Crippen LogP contribution in [-0.2, 0) is 11.3 Å². The molecule has 0 aromatic heterocycles. The van der Waals surface area contributed by atoms with Gasteiger partial charge >= 0.3 is 0 Å². The number of benzene rings is 2. The van der Waals surface area contributed by atoms with Crippen LogP contribution in [0.4, 0.5) is 5.69 Å². The molecule has 0 unspecified atom stereocenters. The molecule has 0 aliphatic carbocycles. The van der Waals surface area contributed by atoms with Gasteiger partial charge in [-0.05, 0) is 48.7 Å². The van der Waals surface area contributed by atoms with Crippen molar-refractivity contribution in [3.63, 3.8) is 0 Å². The Balaban J connectivity index is 1.72. The van der Waals surface area contributed by atoms with E-state index in [4.69, 9.17) is 0 Å². The summed E-state index contributed by atoms with van der Waals surface area (Å²) in [6, 6.07) is 12.4. The van der Waals surface area contributed by atoms with Crippen molar-refractivity contribution in [2.75, 3.05) is 11.9 Å². The highest BCUT2D eigenvalue weighted by Crippen LogP contribution is 2.21. The molecular formula is C19H20N2O3. The molecule has 1 aliphatic rings. The SMILES string of the molecule is Cc1ccc(C(=O)Nc2cccc(CN3CCCC3=O)c2)c(O)c1. The van der Waals surface area contributed by atoms with Gasteiger partial charge in [0.1, 0.15) is 5.75 Å². The fourth-order valence-electron chi connectivity index (χ4n) is 2.87. The number of carbonyl (C=O) groups excluding carboxylic acids is 2. The number of phenols is 1. The van der Waals surface area contributed by atoms with Gasteiger partial charge in [0.05, 0.1) is 5.56 Å². The van der Waals surface area contributed by atoms with Crippen molar-refractivity contribution in [2.45, 2.75) is 26.3 Å². The van der Waals surface area contributed by atoms with Crippen LogP contribution in [0.2, 0.25) is 0 Å². The highest BCUT2D eigenvalue weighted by atomic mass is 16.3. The third-order valence-corrected chi connectivity index (χ3v) is 4.13. The van der Waals surface area contributed by atoms with Gasteiger partial charge in [-0.3, -0.25) is 9.59 Å². The van der Waals surface area contributed by atoms with Crippen LogP contribution in [0.5, 0.6) is 5.75 Å². The molecule has 2 aromatic carbocycles. The van der Waals surface area contributed by atoms with E-state index in [1.807, 2.05) is 30.0 Å². The summed E-state index contributed by atoms with van der Waals surface area (Å²) >= 11 is 0. The van der Waals surface area contributed by atoms with E-state index in [1.165, 1.54) is 0 Å². The molecule has 0 bridgehead atoms. The van der Waals surface area contributed by atoms with Gasteiger partial charge in [-0.15, -0.1) is 0 Å². The average molecular weight is 324 g/mol. The summed E-state index contributed by atoms with van der Waals surface area (Å²) in [5.41, 5.74) is 2.74. The molecule has 124 valence electrons. The number of aryl methyl sites for hydroxylation is 1. The van der Waals surface area contributed by atoms with E-state index in [0.717, 1.165) is 24.1 Å². The Hall–Kier alpha value is -2.82. The summed E-state index contributed by atoms with van der Waals surface area (Å²) in [6.45, 7) is 3.19. The average Bonchev–Trinajstić information content (AvgIpc) is 2.92. The van der Waals surface area contributed by atoms with Gasteiger partial charge in [-0.1, -0.05) is 18.2 Å². The summed E-state index contributed by atoms with van der Waals surface area (Å²) in [7, 11) is 0. The Morgan fingerprint density at radius 3 is 2.79 bits per heavy atom. The third-order valence-electron chi connectivity index (χ3n) is 4.13. The number of hydrogen-bond donors (Lipinski definition) is 2. The second-order valence-corrected chi connectivity index (χ2v) is 6.09. The topological polar surface area (TPSA) is 69.6 Å². The first-order valence-electron chi connectivity index (χ1n) is 8.00.